The van der Waals surface area contributed by atoms with Crippen molar-refractivity contribution >= 4 is 11.6 Å². The maximum Gasteiger partial charge on any atom is 0.227 e. The van der Waals surface area contributed by atoms with Crippen molar-refractivity contribution in [2.24, 2.45) is 18.9 Å². The Hall–Kier alpha value is -3.72. The molecule has 0 atom stereocenters. The van der Waals surface area contributed by atoms with E-state index in [9.17, 15) is 9.90 Å². The number of carbonyl (C=O) groups excluding carboxylic acids is 1. The number of methoxy groups -OCH3 is 1. The highest BCUT2D eigenvalue weighted by molar-refractivity contribution is 5.94. The molecule has 2 aliphatic carbocycles. The second-order valence-corrected chi connectivity index (χ2v) is 11.6. The SMILES string of the molecule is COc1ccc(C2CCC(Cc3c(NC(=O)C4CCCCC4)ccc(O)c3C#Cc3cnn(C)c3)CC2)cc1C. The van der Waals surface area contributed by atoms with Gasteiger partial charge in [-0.2, -0.15) is 5.10 Å². The zero-order chi connectivity index (χ0) is 28.1. The van der Waals surface area contributed by atoms with Crippen molar-refractivity contribution < 1.29 is 14.6 Å². The monoisotopic (exact) mass is 539 g/mol. The first-order valence-electron chi connectivity index (χ1n) is 14.7. The highest BCUT2D eigenvalue weighted by Crippen LogP contribution is 2.40. The van der Waals surface area contributed by atoms with E-state index in [4.69, 9.17) is 4.74 Å². The van der Waals surface area contributed by atoms with Gasteiger partial charge in [0.1, 0.15) is 11.5 Å². The lowest BCUT2D eigenvalue weighted by molar-refractivity contribution is -0.120. The van der Waals surface area contributed by atoms with Gasteiger partial charge >= 0.3 is 0 Å². The number of phenolic OH excluding ortho intramolecular Hbond substituents is 1. The Kier molecular flexibility index (Phi) is 8.79. The number of hydrogen-bond acceptors (Lipinski definition) is 4. The fourth-order valence-electron chi connectivity index (χ4n) is 6.47. The molecule has 210 valence electrons. The Labute approximate surface area is 238 Å². The van der Waals surface area contributed by atoms with Crippen LogP contribution in [0, 0.1) is 30.6 Å². The summed E-state index contributed by atoms with van der Waals surface area (Å²) in [6.07, 6.45) is 14.1. The Morgan fingerprint density at radius 1 is 1.07 bits per heavy atom. The molecule has 3 aromatic rings. The summed E-state index contributed by atoms with van der Waals surface area (Å²) in [6, 6.07) is 10.1. The summed E-state index contributed by atoms with van der Waals surface area (Å²) < 4.78 is 7.17. The first-order valence-corrected chi connectivity index (χ1v) is 14.7. The molecule has 1 heterocycles. The lowest BCUT2D eigenvalue weighted by Gasteiger charge is -2.30. The molecule has 0 bridgehead atoms. The molecule has 0 saturated heterocycles. The molecule has 2 aliphatic rings. The molecule has 5 rings (SSSR count). The van der Waals surface area contributed by atoms with Crippen LogP contribution in [0.2, 0.25) is 0 Å². The van der Waals surface area contributed by atoms with Crippen molar-refractivity contribution in [2.75, 3.05) is 12.4 Å². The van der Waals surface area contributed by atoms with Gasteiger partial charge in [0.05, 0.1) is 24.4 Å². The van der Waals surface area contributed by atoms with E-state index >= 15 is 0 Å². The van der Waals surface area contributed by atoms with Gasteiger partial charge in [0.15, 0.2) is 0 Å². The zero-order valence-corrected chi connectivity index (χ0v) is 24.0. The van der Waals surface area contributed by atoms with Crippen LogP contribution in [-0.2, 0) is 18.3 Å². The number of nitrogens with zero attached hydrogens (tertiary/aromatic N) is 2. The van der Waals surface area contributed by atoms with Crippen LogP contribution >= 0.6 is 0 Å². The molecule has 0 aliphatic heterocycles. The molecule has 1 amide bonds. The molecule has 40 heavy (non-hydrogen) atoms. The molecular weight excluding hydrogens is 498 g/mol. The number of aryl methyl sites for hydroxylation is 2. The second kappa shape index (κ2) is 12.6. The van der Waals surface area contributed by atoms with Crippen molar-refractivity contribution in [2.45, 2.75) is 77.0 Å². The molecule has 0 radical (unpaired) electrons. The normalized spacial score (nSPS) is 19.5. The average Bonchev–Trinajstić information content (AvgIpc) is 3.39. The molecule has 6 nitrogen and oxygen atoms in total. The summed E-state index contributed by atoms with van der Waals surface area (Å²) in [5, 5.41) is 18.4. The van der Waals surface area contributed by atoms with Gasteiger partial charge in [-0.05, 0) is 98.6 Å². The lowest BCUT2D eigenvalue weighted by atomic mass is 9.76. The predicted octanol–water partition coefficient (Wildman–Crippen LogP) is 6.88. The fourth-order valence-corrected chi connectivity index (χ4v) is 6.47. The van der Waals surface area contributed by atoms with Crippen LogP contribution in [0.3, 0.4) is 0 Å². The molecular formula is C34H41N3O3. The fraction of sp³-hybridized carbons (Fsp3) is 0.471. The summed E-state index contributed by atoms with van der Waals surface area (Å²) >= 11 is 0. The molecule has 2 saturated carbocycles. The molecule has 0 spiro atoms. The molecule has 6 heteroatoms. The van der Waals surface area contributed by atoms with Crippen LogP contribution in [0.15, 0.2) is 42.7 Å². The van der Waals surface area contributed by atoms with E-state index in [-0.39, 0.29) is 17.6 Å². The second-order valence-electron chi connectivity index (χ2n) is 11.6. The number of aromatic nitrogens is 2. The first kappa shape index (κ1) is 27.8. The Balaban J connectivity index is 1.37. The standard InChI is InChI=1S/C34H41N3O3/c1-23-19-28(14-18-33(23)40-3)26-12-9-24(10-13-26)20-30-29(15-11-25-21-35-37(2)22-25)32(38)17-16-31(30)36-34(39)27-7-5-4-6-8-27/h14,16-19,21-22,24,26-27,38H,4-10,12-13,20H2,1-3H3,(H,36,39). The summed E-state index contributed by atoms with van der Waals surface area (Å²) in [5.41, 5.74) is 5.70. The minimum absolute atomic E-state index is 0.0590. The quantitative estimate of drug-likeness (QED) is 0.265. The summed E-state index contributed by atoms with van der Waals surface area (Å²) in [4.78, 5) is 13.2. The van der Waals surface area contributed by atoms with Gasteiger partial charge in [-0.3, -0.25) is 9.48 Å². The summed E-state index contributed by atoms with van der Waals surface area (Å²) in [7, 11) is 3.58. The third-order valence-electron chi connectivity index (χ3n) is 8.79. The highest BCUT2D eigenvalue weighted by atomic mass is 16.5. The van der Waals surface area contributed by atoms with Crippen LogP contribution in [0.4, 0.5) is 5.69 Å². The summed E-state index contributed by atoms with van der Waals surface area (Å²) in [5.74, 6) is 8.65. The van der Waals surface area contributed by atoms with E-state index in [0.29, 0.717) is 17.4 Å². The zero-order valence-electron chi connectivity index (χ0n) is 24.0. The molecule has 0 unspecified atom stereocenters. The minimum Gasteiger partial charge on any atom is -0.507 e. The van der Waals surface area contributed by atoms with Crippen molar-refractivity contribution in [3.8, 4) is 23.3 Å². The highest BCUT2D eigenvalue weighted by Gasteiger charge is 2.27. The van der Waals surface area contributed by atoms with Crippen LogP contribution in [-0.4, -0.2) is 27.9 Å². The van der Waals surface area contributed by atoms with Gasteiger partial charge in [-0.15, -0.1) is 0 Å². The summed E-state index contributed by atoms with van der Waals surface area (Å²) in [6.45, 7) is 2.10. The average molecular weight is 540 g/mol. The Bertz CT molecular complexity index is 1400. The van der Waals surface area contributed by atoms with E-state index in [1.165, 1.54) is 17.5 Å². The van der Waals surface area contributed by atoms with Crippen LogP contribution in [0.1, 0.15) is 91.5 Å². The van der Waals surface area contributed by atoms with E-state index < -0.39 is 0 Å². The van der Waals surface area contributed by atoms with E-state index in [1.54, 1.807) is 24.1 Å². The molecule has 2 fully saturated rings. The maximum atomic E-state index is 13.2. The number of anilines is 1. The van der Waals surface area contributed by atoms with Crippen molar-refractivity contribution in [1.82, 2.24) is 9.78 Å². The number of amides is 1. The first-order chi connectivity index (χ1) is 19.4. The number of benzene rings is 2. The van der Waals surface area contributed by atoms with E-state index in [2.05, 4.69) is 47.4 Å². The number of nitrogens with one attached hydrogen (secondary N) is 1. The number of phenols is 1. The van der Waals surface area contributed by atoms with Crippen LogP contribution in [0.25, 0.3) is 0 Å². The molecule has 2 aromatic carbocycles. The predicted molar refractivity (Wildman–Crippen MR) is 159 cm³/mol. The number of aromatic hydroxyl groups is 1. The van der Waals surface area contributed by atoms with Crippen molar-refractivity contribution in [3.63, 3.8) is 0 Å². The third-order valence-corrected chi connectivity index (χ3v) is 8.79. The number of rotatable bonds is 6. The maximum absolute atomic E-state index is 13.2. The van der Waals surface area contributed by atoms with Gasteiger partial charge in [-0.1, -0.05) is 43.2 Å². The van der Waals surface area contributed by atoms with Crippen molar-refractivity contribution in [3.05, 3.63) is 70.5 Å². The lowest BCUT2D eigenvalue weighted by Crippen LogP contribution is -2.26. The van der Waals surface area contributed by atoms with Crippen molar-refractivity contribution in [1.29, 1.82) is 0 Å². The Morgan fingerprint density at radius 2 is 1.85 bits per heavy atom. The largest absolute Gasteiger partial charge is 0.507 e. The Morgan fingerprint density at radius 3 is 2.52 bits per heavy atom. The van der Waals surface area contributed by atoms with E-state index in [0.717, 1.165) is 80.4 Å². The minimum atomic E-state index is 0.0590. The van der Waals surface area contributed by atoms with Crippen LogP contribution in [0.5, 0.6) is 11.5 Å². The van der Waals surface area contributed by atoms with Gasteiger partial charge in [0.2, 0.25) is 5.91 Å². The van der Waals surface area contributed by atoms with Gasteiger partial charge in [0.25, 0.3) is 0 Å². The topological polar surface area (TPSA) is 76.4 Å². The van der Waals surface area contributed by atoms with Gasteiger partial charge < -0.3 is 15.2 Å². The smallest absolute Gasteiger partial charge is 0.227 e. The number of ether oxygens (including phenoxy) is 1. The number of carbonyl (C=O) groups is 1. The van der Waals surface area contributed by atoms with Gasteiger partial charge in [-0.25, -0.2) is 0 Å². The van der Waals surface area contributed by atoms with Crippen LogP contribution < -0.4 is 10.1 Å². The molecule has 2 N–H and O–H groups in total. The van der Waals surface area contributed by atoms with E-state index in [1.807, 2.05) is 19.3 Å². The third kappa shape index (κ3) is 6.53. The van der Waals surface area contributed by atoms with Gasteiger partial charge in [0, 0.05) is 24.8 Å². The number of hydrogen-bond donors (Lipinski definition) is 2. The molecule has 1 aromatic heterocycles.